The predicted molar refractivity (Wildman–Crippen MR) is 88.3 cm³/mol. The number of aromatic hydroxyl groups is 1. The van der Waals surface area contributed by atoms with E-state index < -0.39 is 0 Å². The zero-order chi connectivity index (χ0) is 15.4. The summed E-state index contributed by atoms with van der Waals surface area (Å²) in [6.07, 6.45) is 4.99. The van der Waals surface area contributed by atoms with Crippen LogP contribution in [0.2, 0.25) is 0 Å². The lowest BCUT2D eigenvalue weighted by atomic mass is 9.96. The van der Waals surface area contributed by atoms with E-state index in [9.17, 15) is 5.11 Å². The number of benzene rings is 2. The first-order valence-corrected chi connectivity index (χ1v) is 7.96. The molecule has 0 aromatic heterocycles. The second-order valence-corrected chi connectivity index (χ2v) is 5.92. The molecule has 1 saturated carbocycles. The smallest absolute Gasteiger partial charge is 0.124 e. The summed E-state index contributed by atoms with van der Waals surface area (Å²) in [6, 6.07) is 16.4. The number of rotatable bonds is 5. The third-order valence-corrected chi connectivity index (χ3v) is 4.44. The minimum Gasteiger partial charge on any atom is -0.507 e. The molecule has 1 aliphatic carbocycles. The van der Waals surface area contributed by atoms with Crippen molar-refractivity contribution in [2.24, 2.45) is 0 Å². The highest BCUT2D eigenvalue weighted by Crippen LogP contribution is 2.34. The fraction of sp³-hybridized carbons (Fsp3) is 0.368. The van der Waals surface area contributed by atoms with E-state index in [-0.39, 0.29) is 11.8 Å². The van der Waals surface area contributed by atoms with Gasteiger partial charge in [-0.25, -0.2) is 0 Å². The maximum atomic E-state index is 10.4. The van der Waals surface area contributed by atoms with Gasteiger partial charge in [-0.05, 0) is 30.5 Å². The Morgan fingerprint density at radius 2 is 1.82 bits per heavy atom. The molecule has 0 aliphatic heterocycles. The fourth-order valence-corrected chi connectivity index (χ4v) is 3.23. The Hall–Kier alpha value is -2.00. The summed E-state index contributed by atoms with van der Waals surface area (Å²) < 4.78 is 5.19. The van der Waals surface area contributed by atoms with E-state index >= 15 is 0 Å². The van der Waals surface area contributed by atoms with Crippen molar-refractivity contribution in [1.29, 1.82) is 0 Å². The van der Waals surface area contributed by atoms with E-state index in [1.807, 2.05) is 30.3 Å². The molecular formula is C19H23NO2. The molecule has 0 heterocycles. The molecule has 3 heteroatoms. The quantitative estimate of drug-likeness (QED) is 0.875. The van der Waals surface area contributed by atoms with Crippen LogP contribution < -0.4 is 10.1 Å². The Morgan fingerprint density at radius 3 is 2.45 bits per heavy atom. The molecule has 1 atom stereocenters. The highest BCUT2D eigenvalue weighted by Gasteiger charge is 2.23. The van der Waals surface area contributed by atoms with Crippen molar-refractivity contribution >= 4 is 0 Å². The molecule has 3 rings (SSSR count). The summed E-state index contributed by atoms with van der Waals surface area (Å²) in [5, 5.41) is 14.1. The van der Waals surface area contributed by atoms with E-state index in [0.29, 0.717) is 11.8 Å². The summed E-state index contributed by atoms with van der Waals surface area (Å²) in [7, 11) is 1.61. The van der Waals surface area contributed by atoms with Crippen LogP contribution in [0, 0.1) is 0 Å². The molecule has 3 nitrogen and oxygen atoms in total. The van der Waals surface area contributed by atoms with Crippen molar-refractivity contribution in [2.75, 3.05) is 7.11 Å². The molecule has 0 radical (unpaired) electrons. The van der Waals surface area contributed by atoms with Gasteiger partial charge in [0, 0.05) is 17.7 Å². The Kier molecular flexibility index (Phi) is 4.64. The molecule has 0 bridgehead atoms. The highest BCUT2D eigenvalue weighted by atomic mass is 16.5. The molecule has 22 heavy (non-hydrogen) atoms. The van der Waals surface area contributed by atoms with Crippen molar-refractivity contribution in [3.63, 3.8) is 0 Å². The SMILES string of the molecule is COc1ccc(C(NC2CCCC2)c2ccccc2)c(O)c1. The third-order valence-electron chi connectivity index (χ3n) is 4.44. The monoisotopic (exact) mass is 297 g/mol. The number of phenols is 1. The molecule has 116 valence electrons. The Labute approximate surface area is 131 Å². The number of phenolic OH excluding ortho intramolecular Hbond substituents is 1. The van der Waals surface area contributed by atoms with Crippen molar-refractivity contribution in [1.82, 2.24) is 5.32 Å². The number of ether oxygens (including phenoxy) is 1. The van der Waals surface area contributed by atoms with E-state index in [4.69, 9.17) is 4.74 Å². The molecule has 1 fully saturated rings. The Balaban J connectivity index is 1.93. The number of methoxy groups -OCH3 is 1. The van der Waals surface area contributed by atoms with Crippen LogP contribution in [0.4, 0.5) is 0 Å². The lowest BCUT2D eigenvalue weighted by Crippen LogP contribution is -2.31. The normalized spacial score (nSPS) is 16.6. The minimum absolute atomic E-state index is 0.00945. The second kappa shape index (κ2) is 6.84. The summed E-state index contributed by atoms with van der Waals surface area (Å²) in [5.41, 5.74) is 2.08. The van der Waals surface area contributed by atoms with Gasteiger partial charge in [-0.2, -0.15) is 0 Å². The zero-order valence-electron chi connectivity index (χ0n) is 13.0. The van der Waals surface area contributed by atoms with Gasteiger partial charge in [0.05, 0.1) is 13.2 Å². The average Bonchev–Trinajstić information content (AvgIpc) is 3.07. The molecular weight excluding hydrogens is 274 g/mol. The van der Waals surface area contributed by atoms with Crippen LogP contribution in [0.1, 0.15) is 42.9 Å². The lowest BCUT2D eigenvalue weighted by molar-refractivity contribution is 0.402. The van der Waals surface area contributed by atoms with E-state index in [1.54, 1.807) is 13.2 Å². The van der Waals surface area contributed by atoms with Gasteiger partial charge >= 0.3 is 0 Å². The van der Waals surface area contributed by atoms with Gasteiger partial charge in [0.2, 0.25) is 0 Å². The molecule has 2 N–H and O–H groups in total. The van der Waals surface area contributed by atoms with Crippen LogP contribution in [0.25, 0.3) is 0 Å². The lowest BCUT2D eigenvalue weighted by Gasteiger charge is -2.25. The van der Waals surface area contributed by atoms with Crippen LogP contribution in [-0.4, -0.2) is 18.3 Å². The summed E-state index contributed by atoms with van der Waals surface area (Å²) in [5.74, 6) is 0.952. The molecule has 0 spiro atoms. The topological polar surface area (TPSA) is 41.5 Å². The average molecular weight is 297 g/mol. The first kappa shape index (κ1) is 14.9. The minimum atomic E-state index is 0.00945. The first-order chi connectivity index (χ1) is 10.8. The number of hydrogen-bond donors (Lipinski definition) is 2. The predicted octanol–water partition coefficient (Wildman–Crippen LogP) is 4.02. The van der Waals surface area contributed by atoms with Gasteiger partial charge in [0.25, 0.3) is 0 Å². The maximum absolute atomic E-state index is 10.4. The first-order valence-electron chi connectivity index (χ1n) is 7.96. The van der Waals surface area contributed by atoms with Gasteiger partial charge in [-0.3, -0.25) is 0 Å². The van der Waals surface area contributed by atoms with E-state index in [2.05, 4.69) is 17.4 Å². The van der Waals surface area contributed by atoms with Crippen molar-refractivity contribution in [3.05, 3.63) is 59.7 Å². The zero-order valence-corrected chi connectivity index (χ0v) is 13.0. The molecule has 0 amide bonds. The van der Waals surface area contributed by atoms with Gasteiger partial charge < -0.3 is 15.2 Å². The Bertz CT molecular complexity index is 606. The van der Waals surface area contributed by atoms with Crippen molar-refractivity contribution < 1.29 is 9.84 Å². The second-order valence-electron chi connectivity index (χ2n) is 5.92. The molecule has 2 aromatic rings. The number of nitrogens with one attached hydrogen (secondary N) is 1. The van der Waals surface area contributed by atoms with Gasteiger partial charge in [-0.1, -0.05) is 43.2 Å². The van der Waals surface area contributed by atoms with Gasteiger partial charge in [-0.15, -0.1) is 0 Å². The third kappa shape index (κ3) is 3.25. The summed E-state index contributed by atoms with van der Waals surface area (Å²) in [4.78, 5) is 0. The van der Waals surface area contributed by atoms with Crippen LogP contribution in [0.3, 0.4) is 0 Å². The Morgan fingerprint density at radius 1 is 1.09 bits per heavy atom. The molecule has 1 aliphatic rings. The van der Waals surface area contributed by atoms with Crippen molar-refractivity contribution in [3.8, 4) is 11.5 Å². The highest BCUT2D eigenvalue weighted by molar-refractivity contribution is 5.45. The van der Waals surface area contributed by atoms with E-state index in [0.717, 1.165) is 5.56 Å². The van der Waals surface area contributed by atoms with Crippen LogP contribution in [-0.2, 0) is 0 Å². The molecule has 1 unspecified atom stereocenters. The van der Waals surface area contributed by atoms with Gasteiger partial charge in [0.1, 0.15) is 11.5 Å². The number of hydrogen-bond acceptors (Lipinski definition) is 3. The van der Waals surface area contributed by atoms with Gasteiger partial charge in [0.15, 0.2) is 0 Å². The van der Waals surface area contributed by atoms with Crippen LogP contribution in [0.5, 0.6) is 11.5 Å². The van der Waals surface area contributed by atoms with Crippen LogP contribution >= 0.6 is 0 Å². The van der Waals surface area contributed by atoms with E-state index in [1.165, 1.54) is 31.2 Å². The maximum Gasteiger partial charge on any atom is 0.124 e. The molecule has 2 aromatic carbocycles. The van der Waals surface area contributed by atoms with Crippen molar-refractivity contribution in [2.45, 2.75) is 37.8 Å². The summed E-state index contributed by atoms with van der Waals surface area (Å²) >= 11 is 0. The summed E-state index contributed by atoms with van der Waals surface area (Å²) in [6.45, 7) is 0. The van der Waals surface area contributed by atoms with Crippen LogP contribution in [0.15, 0.2) is 48.5 Å². The standard InChI is InChI=1S/C19H23NO2/c1-22-16-11-12-17(18(21)13-16)19(14-7-3-2-4-8-14)20-15-9-5-6-10-15/h2-4,7-8,11-13,15,19-21H,5-6,9-10H2,1H3. The fourth-order valence-electron chi connectivity index (χ4n) is 3.23. The molecule has 0 saturated heterocycles. The largest absolute Gasteiger partial charge is 0.507 e.